The summed E-state index contributed by atoms with van der Waals surface area (Å²) in [6.07, 6.45) is 1.14. The van der Waals surface area contributed by atoms with E-state index >= 15 is 0 Å². The lowest BCUT2D eigenvalue weighted by Crippen LogP contribution is -1.81. The van der Waals surface area contributed by atoms with Gasteiger partial charge in [-0.3, -0.25) is 5.10 Å². The fourth-order valence-electron chi connectivity index (χ4n) is 1.34. The standard InChI is InChI=1S/C12H15N3S/c1-3-8-16-12-13-11(14-15-12)10-6-4-9(2)5-7-10/h4-7H,3,8H2,1-2H3,(H,13,14,15). The Balaban J connectivity index is 2.15. The van der Waals surface area contributed by atoms with Crippen LogP contribution in [0.15, 0.2) is 29.4 Å². The second kappa shape index (κ2) is 5.16. The summed E-state index contributed by atoms with van der Waals surface area (Å²) in [6.45, 7) is 4.23. The SMILES string of the molecule is CCCSc1n[nH]c(-c2ccc(C)cc2)n1. The number of H-pyrrole nitrogens is 1. The quantitative estimate of drug-likeness (QED) is 0.824. The van der Waals surface area contributed by atoms with Crippen LogP contribution in [0.4, 0.5) is 0 Å². The summed E-state index contributed by atoms with van der Waals surface area (Å²) in [5.74, 6) is 1.91. The second-order valence-corrected chi connectivity index (χ2v) is 4.74. The maximum atomic E-state index is 4.44. The predicted molar refractivity (Wildman–Crippen MR) is 67.6 cm³/mol. The summed E-state index contributed by atoms with van der Waals surface area (Å²) in [5, 5.41) is 7.98. The lowest BCUT2D eigenvalue weighted by atomic mass is 10.1. The number of aromatic amines is 1. The summed E-state index contributed by atoms with van der Waals surface area (Å²) < 4.78 is 0. The lowest BCUT2D eigenvalue weighted by Gasteiger charge is -1.96. The van der Waals surface area contributed by atoms with E-state index in [2.05, 4.69) is 53.3 Å². The molecular formula is C12H15N3S. The van der Waals surface area contributed by atoms with E-state index in [-0.39, 0.29) is 0 Å². The van der Waals surface area contributed by atoms with Crippen LogP contribution in [0.3, 0.4) is 0 Å². The van der Waals surface area contributed by atoms with Gasteiger partial charge in [-0.15, -0.1) is 5.10 Å². The largest absolute Gasteiger partial charge is 0.258 e. The monoisotopic (exact) mass is 233 g/mol. The van der Waals surface area contributed by atoms with E-state index in [4.69, 9.17) is 0 Å². The molecule has 16 heavy (non-hydrogen) atoms. The van der Waals surface area contributed by atoms with Crippen LogP contribution in [-0.4, -0.2) is 20.9 Å². The Morgan fingerprint density at radius 3 is 2.69 bits per heavy atom. The van der Waals surface area contributed by atoms with Crippen LogP contribution >= 0.6 is 11.8 Å². The first-order valence-corrected chi connectivity index (χ1v) is 6.40. The first-order chi connectivity index (χ1) is 7.79. The molecule has 0 fully saturated rings. The normalized spacial score (nSPS) is 10.6. The Labute approximate surface area is 99.7 Å². The van der Waals surface area contributed by atoms with Crippen molar-refractivity contribution in [2.75, 3.05) is 5.75 Å². The van der Waals surface area contributed by atoms with Crippen molar-refractivity contribution in [2.45, 2.75) is 25.4 Å². The molecule has 0 saturated carbocycles. The van der Waals surface area contributed by atoms with Crippen LogP contribution in [0.5, 0.6) is 0 Å². The molecule has 0 saturated heterocycles. The van der Waals surface area contributed by atoms with Crippen LogP contribution in [-0.2, 0) is 0 Å². The number of hydrogen-bond donors (Lipinski definition) is 1. The van der Waals surface area contributed by atoms with E-state index in [0.717, 1.165) is 28.7 Å². The Morgan fingerprint density at radius 2 is 2.00 bits per heavy atom. The number of thioether (sulfide) groups is 1. The van der Waals surface area contributed by atoms with Crippen molar-refractivity contribution in [3.8, 4) is 11.4 Å². The maximum Gasteiger partial charge on any atom is 0.208 e. The van der Waals surface area contributed by atoms with E-state index in [1.165, 1.54) is 5.56 Å². The smallest absolute Gasteiger partial charge is 0.208 e. The molecule has 4 heteroatoms. The molecule has 0 radical (unpaired) electrons. The van der Waals surface area contributed by atoms with Crippen LogP contribution < -0.4 is 0 Å². The molecule has 1 heterocycles. The molecule has 3 nitrogen and oxygen atoms in total. The third-order valence-corrected chi connectivity index (χ3v) is 3.28. The third-order valence-electron chi connectivity index (χ3n) is 2.23. The van der Waals surface area contributed by atoms with E-state index in [1.54, 1.807) is 11.8 Å². The number of benzene rings is 1. The van der Waals surface area contributed by atoms with Crippen LogP contribution in [0, 0.1) is 6.92 Å². The number of hydrogen-bond acceptors (Lipinski definition) is 3. The molecule has 0 bridgehead atoms. The highest BCUT2D eigenvalue weighted by molar-refractivity contribution is 7.99. The minimum Gasteiger partial charge on any atom is -0.258 e. The molecule has 0 atom stereocenters. The second-order valence-electron chi connectivity index (χ2n) is 3.68. The summed E-state index contributed by atoms with van der Waals surface area (Å²) in [4.78, 5) is 4.44. The van der Waals surface area contributed by atoms with Crippen molar-refractivity contribution < 1.29 is 0 Å². The summed E-state index contributed by atoms with van der Waals surface area (Å²) in [5.41, 5.74) is 2.34. The number of aromatic nitrogens is 3. The van der Waals surface area contributed by atoms with Gasteiger partial charge in [0.1, 0.15) is 0 Å². The van der Waals surface area contributed by atoms with Gasteiger partial charge in [-0.05, 0) is 13.3 Å². The Morgan fingerprint density at radius 1 is 1.25 bits per heavy atom. The van der Waals surface area contributed by atoms with Crippen molar-refractivity contribution >= 4 is 11.8 Å². The van der Waals surface area contributed by atoms with Crippen LogP contribution in [0.25, 0.3) is 11.4 Å². The van der Waals surface area contributed by atoms with Crippen LogP contribution in [0.1, 0.15) is 18.9 Å². The molecule has 2 aromatic rings. The van der Waals surface area contributed by atoms with Gasteiger partial charge >= 0.3 is 0 Å². The molecule has 0 aliphatic carbocycles. The van der Waals surface area contributed by atoms with E-state index in [1.807, 2.05) is 0 Å². The number of rotatable bonds is 4. The Kier molecular flexibility index (Phi) is 3.62. The predicted octanol–water partition coefficient (Wildman–Crippen LogP) is 3.28. The number of aryl methyl sites for hydroxylation is 1. The Hall–Kier alpha value is -1.29. The van der Waals surface area contributed by atoms with Crippen molar-refractivity contribution in [3.63, 3.8) is 0 Å². The lowest BCUT2D eigenvalue weighted by molar-refractivity contribution is 0.968. The van der Waals surface area contributed by atoms with E-state index < -0.39 is 0 Å². The average molecular weight is 233 g/mol. The Bertz CT molecular complexity index is 448. The fraction of sp³-hybridized carbons (Fsp3) is 0.333. The molecule has 84 valence electrons. The first kappa shape index (κ1) is 11.2. The van der Waals surface area contributed by atoms with Crippen molar-refractivity contribution in [1.82, 2.24) is 15.2 Å². The zero-order valence-corrected chi connectivity index (χ0v) is 10.3. The molecule has 0 spiro atoms. The van der Waals surface area contributed by atoms with Gasteiger partial charge in [-0.1, -0.05) is 48.5 Å². The number of nitrogens with one attached hydrogen (secondary N) is 1. The average Bonchev–Trinajstić information content (AvgIpc) is 2.76. The van der Waals surface area contributed by atoms with Crippen molar-refractivity contribution in [2.24, 2.45) is 0 Å². The zero-order chi connectivity index (χ0) is 11.4. The highest BCUT2D eigenvalue weighted by Gasteiger charge is 2.04. The fourth-order valence-corrected chi connectivity index (χ4v) is 2.00. The van der Waals surface area contributed by atoms with Crippen molar-refractivity contribution in [3.05, 3.63) is 29.8 Å². The maximum absolute atomic E-state index is 4.44. The van der Waals surface area contributed by atoms with E-state index in [0.29, 0.717) is 0 Å². The molecule has 0 unspecified atom stereocenters. The van der Waals surface area contributed by atoms with Crippen LogP contribution in [0.2, 0.25) is 0 Å². The molecule has 0 aliphatic rings. The highest BCUT2D eigenvalue weighted by Crippen LogP contribution is 2.19. The van der Waals surface area contributed by atoms with Gasteiger partial charge in [0.15, 0.2) is 5.82 Å². The van der Waals surface area contributed by atoms with Gasteiger partial charge in [0.05, 0.1) is 0 Å². The van der Waals surface area contributed by atoms with E-state index in [9.17, 15) is 0 Å². The number of nitrogens with zero attached hydrogens (tertiary/aromatic N) is 2. The minimum atomic E-state index is 0.831. The highest BCUT2D eigenvalue weighted by atomic mass is 32.2. The summed E-state index contributed by atoms with van der Waals surface area (Å²) >= 11 is 1.69. The minimum absolute atomic E-state index is 0.831. The van der Waals surface area contributed by atoms with Gasteiger partial charge in [-0.2, -0.15) is 0 Å². The summed E-state index contributed by atoms with van der Waals surface area (Å²) in [7, 11) is 0. The molecule has 1 aromatic carbocycles. The summed E-state index contributed by atoms with van der Waals surface area (Å²) in [6, 6.07) is 8.28. The molecule has 1 N–H and O–H groups in total. The van der Waals surface area contributed by atoms with Gasteiger partial charge in [0.25, 0.3) is 0 Å². The molecule has 2 rings (SSSR count). The van der Waals surface area contributed by atoms with Crippen molar-refractivity contribution in [1.29, 1.82) is 0 Å². The first-order valence-electron chi connectivity index (χ1n) is 5.42. The molecule has 0 amide bonds. The third kappa shape index (κ3) is 2.64. The molecular weight excluding hydrogens is 218 g/mol. The zero-order valence-electron chi connectivity index (χ0n) is 9.53. The molecule has 0 aliphatic heterocycles. The van der Waals surface area contributed by atoms with Gasteiger partial charge in [0, 0.05) is 11.3 Å². The van der Waals surface area contributed by atoms with Gasteiger partial charge in [-0.25, -0.2) is 4.98 Å². The van der Waals surface area contributed by atoms with Gasteiger partial charge < -0.3 is 0 Å². The van der Waals surface area contributed by atoms with Gasteiger partial charge in [0.2, 0.25) is 5.16 Å². The topological polar surface area (TPSA) is 41.6 Å². The molecule has 1 aromatic heterocycles.